The van der Waals surface area contributed by atoms with Crippen molar-refractivity contribution in [2.24, 2.45) is 0 Å². The molecule has 0 unspecified atom stereocenters. The van der Waals surface area contributed by atoms with E-state index in [2.05, 4.69) is 15.3 Å². The van der Waals surface area contributed by atoms with Gasteiger partial charge in [0.25, 0.3) is 10.1 Å². The minimum atomic E-state index is -4.30. The van der Waals surface area contributed by atoms with Crippen LogP contribution in [0.25, 0.3) is 22.4 Å². The second kappa shape index (κ2) is 12.1. The van der Waals surface area contributed by atoms with Crippen molar-refractivity contribution in [1.82, 2.24) is 20.0 Å². The summed E-state index contributed by atoms with van der Waals surface area (Å²) in [7, 11) is -2.75. The van der Waals surface area contributed by atoms with Crippen LogP contribution < -0.4 is 10.5 Å². The smallest absolute Gasteiger partial charge is 0.294 e. The van der Waals surface area contributed by atoms with Gasteiger partial charge in [-0.25, -0.2) is 0 Å². The summed E-state index contributed by atoms with van der Waals surface area (Å²) in [4.78, 5) is -0.0892. The van der Waals surface area contributed by atoms with Crippen molar-refractivity contribution < 1.29 is 27.2 Å². The first-order valence-electron chi connectivity index (χ1n) is 11.8. The third-order valence-corrected chi connectivity index (χ3v) is 6.81. The zero-order valence-corrected chi connectivity index (χ0v) is 21.9. The highest BCUT2D eigenvalue weighted by molar-refractivity contribution is 7.85. The molecule has 0 aliphatic heterocycles. The normalized spacial score (nSPS) is 11.6. The lowest BCUT2D eigenvalue weighted by atomic mass is 10.1. The van der Waals surface area contributed by atoms with Crippen molar-refractivity contribution >= 4 is 15.9 Å². The zero-order chi connectivity index (χ0) is 27.1. The molecule has 0 saturated carbocycles. The summed E-state index contributed by atoms with van der Waals surface area (Å²) in [5.41, 5.74) is 10.2. The lowest BCUT2D eigenvalue weighted by Crippen LogP contribution is -2.11. The molecular formula is C26H29N5O6S. The number of benzene rings is 2. The van der Waals surface area contributed by atoms with E-state index in [9.17, 15) is 13.0 Å². The lowest BCUT2D eigenvalue weighted by Gasteiger charge is -2.11. The van der Waals surface area contributed by atoms with Crippen molar-refractivity contribution in [2.75, 3.05) is 32.9 Å². The van der Waals surface area contributed by atoms with Gasteiger partial charge in [0.05, 0.1) is 36.5 Å². The number of methoxy groups -OCH3 is 1. The molecule has 2 aromatic heterocycles. The molecule has 0 bridgehead atoms. The summed E-state index contributed by atoms with van der Waals surface area (Å²) < 4.78 is 50.9. The van der Waals surface area contributed by atoms with Gasteiger partial charge in [0.1, 0.15) is 5.75 Å². The molecule has 3 N–H and O–H groups in total. The number of aryl methyl sites for hydroxylation is 1. The average molecular weight is 540 g/mol. The summed E-state index contributed by atoms with van der Waals surface area (Å²) in [6.45, 7) is 3.02. The topological polar surface area (TPSA) is 152 Å². The van der Waals surface area contributed by atoms with Crippen LogP contribution in [0.4, 0.5) is 5.82 Å². The Hall–Kier alpha value is -3.84. The van der Waals surface area contributed by atoms with Crippen molar-refractivity contribution in [3.8, 4) is 28.1 Å². The third-order valence-electron chi connectivity index (χ3n) is 5.87. The molecule has 0 atom stereocenters. The van der Waals surface area contributed by atoms with Crippen molar-refractivity contribution in [3.63, 3.8) is 0 Å². The van der Waals surface area contributed by atoms with Gasteiger partial charge in [-0.05, 0) is 48.7 Å². The number of para-hydroxylation sites is 1. The second-order valence-corrected chi connectivity index (χ2v) is 9.85. The number of nitrogen functional groups attached to an aromatic ring is 1. The van der Waals surface area contributed by atoms with E-state index >= 15 is 0 Å². The van der Waals surface area contributed by atoms with E-state index in [0.29, 0.717) is 42.1 Å². The van der Waals surface area contributed by atoms with Crippen LogP contribution in [0.15, 0.2) is 65.8 Å². The van der Waals surface area contributed by atoms with Crippen molar-refractivity contribution in [2.45, 2.75) is 24.8 Å². The van der Waals surface area contributed by atoms with Crippen LogP contribution in [0.5, 0.6) is 5.75 Å². The van der Waals surface area contributed by atoms with Gasteiger partial charge in [-0.15, -0.1) is 10.2 Å². The van der Waals surface area contributed by atoms with Gasteiger partial charge in [0.2, 0.25) is 0 Å². The van der Waals surface area contributed by atoms with E-state index in [1.165, 1.54) is 6.07 Å². The highest BCUT2D eigenvalue weighted by Crippen LogP contribution is 2.32. The monoisotopic (exact) mass is 539 g/mol. The molecule has 0 aliphatic carbocycles. The maximum Gasteiger partial charge on any atom is 0.294 e. The first-order valence-corrected chi connectivity index (χ1v) is 13.2. The number of rotatable bonds is 12. The molecular weight excluding hydrogens is 510 g/mol. The van der Waals surface area contributed by atoms with Gasteiger partial charge in [-0.2, -0.15) is 13.5 Å². The fraction of sp³-hybridized carbons (Fsp3) is 0.269. The van der Waals surface area contributed by atoms with Gasteiger partial charge >= 0.3 is 0 Å². The summed E-state index contributed by atoms with van der Waals surface area (Å²) >= 11 is 0. The molecule has 0 radical (unpaired) electrons. The van der Waals surface area contributed by atoms with Crippen LogP contribution in [0.1, 0.15) is 11.1 Å². The second-order valence-electron chi connectivity index (χ2n) is 8.46. The molecule has 200 valence electrons. The van der Waals surface area contributed by atoms with E-state index in [0.717, 1.165) is 16.7 Å². The first-order chi connectivity index (χ1) is 18.3. The quantitative estimate of drug-likeness (QED) is 0.156. The number of aromatic nitrogens is 4. The number of anilines is 1. The SMILES string of the molecule is COCOc1ccccc1-c1cc(-c2cnn(CCOCCc3c(C)cccc3S(=O)(=O)O)c2)c(N)nn1. The Labute approximate surface area is 220 Å². The van der Waals surface area contributed by atoms with Gasteiger partial charge in [-0.1, -0.05) is 24.3 Å². The standard InChI is InChI=1S/C26H29N5O6S/c1-18-6-5-9-25(38(32,33)34)20(18)10-12-36-13-11-31-16-19(15-28-31)22-14-23(29-30-26(22)27)21-7-3-4-8-24(21)37-17-35-2/h3-9,14-16H,10-13,17H2,1-2H3,(H2,27,30)(H,32,33,34). The summed E-state index contributed by atoms with van der Waals surface area (Å²) in [6, 6.07) is 14.1. The number of nitrogens with two attached hydrogens (primary N) is 1. The minimum absolute atomic E-state index is 0.0892. The Morgan fingerprint density at radius 2 is 1.87 bits per heavy atom. The fourth-order valence-corrected chi connectivity index (χ4v) is 4.81. The zero-order valence-electron chi connectivity index (χ0n) is 21.1. The van der Waals surface area contributed by atoms with Crippen molar-refractivity contribution in [1.29, 1.82) is 0 Å². The largest absolute Gasteiger partial charge is 0.467 e. The van der Waals surface area contributed by atoms with Gasteiger partial charge in [-0.3, -0.25) is 9.23 Å². The molecule has 0 saturated heterocycles. The Kier molecular flexibility index (Phi) is 8.69. The van der Waals surface area contributed by atoms with Crippen LogP contribution in [-0.2, 0) is 32.6 Å². The highest BCUT2D eigenvalue weighted by Gasteiger charge is 2.17. The molecule has 4 aromatic rings. The summed E-state index contributed by atoms with van der Waals surface area (Å²) in [5.74, 6) is 0.884. The van der Waals surface area contributed by atoms with Gasteiger partial charge in [0, 0.05) is 30.0 Å². The molecule has 0 fully saturated rings. The number of hydrogen-bond acceptors (Lipinski definition) is 9. The molecule has 11 nitrogen and oxygen atoms in total. The lowest BCUT2D eigenvalue weighted by molar-refractivity contribution is 0.0515. The summed E-state index contributed by atoms with van der Waals surface area (Å²) in [6.07, 6.45) is 3.88. The molecule has 2 heterocycles. The van der Waals surface area contributed by atoms with Crippen LogP contribution in [-0.4, -0.2) is 60.1 Å². The number of hydrogen-bond donors (Lipinski definition) is 2. The fourth-order valence-electron chi connectivity index (χ4n) is 3.99. The van der Waals surface area contributed by atoms with E-state index < -0.39 is 10.1 Å². The van der Waals surface area contributed by atoms with Gasteiger partial charge < -0.3 is 19.9 Å². The number of ether oxygens (including phenoxy) is 3. The maximum absolute atomic E-state index is 11.7. The molecule has 0 amide bonds. The molecule has 0 spiro atoms. The Morgan fingerprint density at radius 1 is 1.05 bits per heavy atom. The Morgan fingerprint density at radius 3 is 2.66 bits per heavy atom. The van der Waals surface area contributed by atoms with Crippen molar-refractivity contribution in [3.05, 3.63) is 72.1 Å². The molecule has 2 aromatic carbocycles. The van der Waals surface area contributed by atoms with Crippen LogP contribution in [0.2, 0.25) is 0 Å². The van der Waals surface area contributed by atoms with E-state index in [-0.39, 0.29) is 24.1 Å². The number of nitrogens with zero attached hydrogens (tertiary/aromatic N) is 4. The van der Waals surface area contributed by atoms with Crippen LogP contribution >= 0.6 is 0 Å². The molecule has 0 aliphatic rings. The minimum Gasteiger partial charge on any atom is -0.467 e. The molecule has 12 heteroatoms. The van der Waals surface area contributed by atoms with Gasteiger partial charge in [0.15, 0.2) is 12.6 Å². The average Bonchev–Trinajstić information content (AvgIpc) is 3.36. The highest BCUT2D eigenvalue weighted by atomic mass is 32.2. The molecule has 4 rings (SSSR count). The Bertz CT molecular complexity index is 1510. The van der Waals surface area contributed by atoms with E-state index in [4.69, 9.17) is 19.9 Å². The van der Waals surface area contributed by atoms with E-state index in [1.807, 2.05) is 36.5 Å². The maximum atomic E-state index is 11.7. The third kappa shape index (κ3) is 6.53. The molecule has 38 heavy (non-hydrogen) atoms. The predicted molar refractivity (Wildman–Crippen MR) is 141 cm³/mol. The Balaban J connectivity index is 1.40. The predicted octanol–water partition coefficient (Wildman–Crippen LogP) is 3.39. The van der Waals surface area contributed by atoms with Crippen LogP contribution in [0.3, 0.4) is 0 Å². The first kappa shape index (κ1) is 27.2. The summed E-state index contributed by atoms with van der Waals surface area (Å²) in [5, 5.41) is 12.8. The van der Waals surface area contributed by atoms with E-state index in [1.54, 1.807) is 37.0 Å². The van der Waals surface area contributed by atoms with Crippen LogP contribution in [0, 0.1) is 6.92 Å².